The van der Waals surface area contributed by atoms with Gasteiger partial charge in [-0.15, -0.1) is 0 Å². The van der Waals surface area contributed by atoms with Gasteiger partial charge in [0.05, 0.1) is 6.61 Å². The highest BCUT2D eigenvalue weighted by molar-refractivity contribution is 5.79. The van der Waals surface area contributed by atoms with E-state index in [4.69, 9.17) is 4.74 Å². The fourth-order valence-electron chi connectivity index (χ4n) is 5.46. The zero-order valence-electron chi connectivity index (χ0n) is 20.2. The maximum Gasteiger partial charge on any atom is 0.248 e. The van der Waals surface area contributed by atoms with Crippen LogP contribution in [0.3, 0.4) is 0 Å². The Morgan fingerprint density at radius 2 is 1.52 bits per heavy atom. The molecule has 7 heteroatoms. The Kier molecular flexibility index (Phi) is 8.75. The van der Waals surface area contributed by atoms with Gasteiger partial charge in [0.1, 0.15) is 6.61 Å². The average molecular weight is 457 g/mol. The van der Waals surface area contributed by atoms with E-state index in [2.05, 4.69) is 21.6 Å². The molecule has 0 unspecified atom stereocenters. The first-order chi connectivity index (χ1) is 16.1. The number of benzene rings is 1. The van der Waals surface area contributed by atoms with Crippen LogP contribution in [0.4, 0.5) is 0 Å². The Hall–Kier alpha value is -1.96. The average Bonchev–Trinajstić information content (AvgIpc) is 2.89. The van der Waals surface area contributed by atoms with Gasteiger partial charge in [-0.1, -0.05) is 37.3 Å². The van der Waals surface area contributed by atoms with E-state index in [1.165, 1.54) is 0 Å². The van der Waals surface area contributed by atoms with E-state index in [0.29, 0.717) is 18.6 Å². The van der Waals surface area contributed by atoms with Crippen LogP contribution in [0.25, 0.3) is 0 Å². The fraction of sp³-hybridized carbons (Fsp3) is 0.692. The molecule has 0 atom stereocenters. The Morgan fingerprint density at radius 3 is 2.15 bits per heavy atom. The molecule has 3 aliphatic heterocycles. The predicted octanol–water partition coefficient (Wildman–Crippen LogP) is 2.07. The van der Waals surface area contributed by atoms with Crippen LogP contribution in [0.1, 0.15) is 38.2 Å². The summed E-state index contributed by atoms with van der Waals surface area (Å²) >= 11 is 0. The maximum atomic E-state index is 13.0. The number of nitrogens with zero attached hydrogens (tertiary/aromatic N) is 4. The zero-order valence-corrected chi connectivity index (χ0v) is 20.2. The molecule has 182 valence electrons. The number of amides is 2. The van der Waals surface area contributed by atoms with Crippen molar-refractivity contribution >= 4 is 11.8 Å². The molecule has 0 N–H and O–H groups in total. The highest BCUT2D eigenvalue weighted by Crippen LogP contribution is 2.25. The summed E-state index contributed by atoms with van der Waals surface area (Å²) in [5.41, 5.74) is 1.09. The second-order valence-electron chi connectivity index (χ2n) is 9.66. The number of carbonyl (C=O) groups excluding carboxylic acids is 2. The van der Waals surface area contributed by atoms with Crippen LogP contribution in [0, 0.1) is 5.92 Å². The third-order valence-electron chi connectivity index (χ3n) is 7.68. The second kappa shape index (κ2) is 12.0. The second-order valence-corrected chi connectivity index (χ2v) is 9.66. The molecule has 3 heterocycles. The highest BCUT2D eigenvalue weighted by Gasteiger charge is 2.33. The van der Waals surface area contributed by atoms with E-state index in [1.807, 2.05) is 35.2 Å². The Labute approximate surface area is 198 Å². The molecule has 0 saturated carbocycles. The molecule has 0 aliphatic carbocycles. The van der Waals surface area contributed by atoms with Crippen molar-refractivity contribution in [2.45, 2.75) is 45.3 Å². The lowest BCUT2D eigenvalue weighted by Crippen LogP contribution is -2.53. The fourth-order valence-corrected chi connectivity index (χ4v) is 5.46. The Bertz CT molecular complexity index is 750. The van der Waals surface area contributed by atoms with E-state index in [1.54, 1.807) is 0 Å². The summed E-state index contributed by atoms with van der Waals surface area (Å²) < 4.78 is 5.63. The molecular formula is C26H40N4O3. The van der Waals surface area contributed by atoms with Gasteiger partial charge in [0.25, 0.3) is 0 Å². The number of hydrogen-bond acceptors (Lipinski definition) is 5. The molecule has 0 bridgehead atoms. The minimum atomic E-state index is 0.0943. The van der Waals surface area contributed by atoms with Gasteiger partial charge >= 0.3 is 0 Å². The van der Waals surface area contributed by atoms with Crippen LogP contribution in [-0.4, -0.2) is 103 Å². The van der Waals surface area contributed by atoms with Crippen molar-refractivity contribution in [2.75, 3.05) is 65.5 Å². The third kappa shape index (κ3) is 6.55. The minimum Gasteiger partial charge on any atom is -0.367 e. The Balaban J connectivity index is 1.13. The highest BCUT2D eigenvalue weighted by atomic mass is 16.5. The first-order valence-corrected chi connectivity index (χ1v) is 12.8. The number of likely N-dealkylation sites (N-methyl/N-ethyl adjacent to an activating group) is 1. The summed E-state index contributed by atoms with van der Waals surface area (Å²) in [6.07, 6.45) is 3.97. The largest absolute Gasteiger partial charge is 0.367 e. The number of rotatable bonds is 7. The minimum absolute atomic E-state index is 0.0943. The monoisotopic (exact) mass is 456 g/mol. The lowest BCUT2D eigenvalue weighted by Gasteiger charge is -2.42. The van der Waals surface area contributed by atoms with Gasteiger partial charge < -0.3 is 24.3 Å². The van der Waals surface area contributed by atoms with Crippen LogP contribution >= 0.6 is 0 Å². The quantitative estimate of drug-likeness (QED) is 0.629. The number of likely N-dealkylation sites (tertiary alicyclic amines) is 2. The summed E-state index contributed by atoms with van der Waals surface area (Å²) in [7, 11) is 0. The molecule has 3 aliphatic rings. The van der Waals surface area contributed by atoms with Gasteiger partial charge in [-0.25, -0.2) is 0 Å². The van der Waals surface area contributed by atoms with Gasteiger partial charge in [0.15, 0.2) is 0 Å². The van der Waals surface area contributed by atoms with Crippen molar-refractivity contribution in [2.24, 2.45) is 5.92 Å². The molecule has 33 heavy (non-hydrogen) atoms. The lowest BCUT2D eigenvalue weighted by molar-refractivity contribution is -0.140. The molecule has 3 fully saturated rings. The summed E-state index contributed by atoms with van der Waals surface area (Å²) in [4.78, 5) is 34.5. The summed E-state index contributed by atoms with van der Waals surface area (Å²) in [5, 5.41) is 0. The molecule has 0 aromatic heterocycles. The molecule has 3 saturated heterocycles. The molecule has 1 aromatic rings. The first kappa shape index (κ1) is 24.2. The summed E-state index contributed by atoms with van der Waals surface area (Å²) in [6, 6.07) is 10.5. The number of carbonyl (C=O) groups is 2. The van der Waals surface area contributed by atoms with Gasteiger partial charge in [-0.3, -0.25) is 9.59 Å². The topological polar surface area (TPSA) is 56.3 Å². The molecular weight excluding hydrogens is 416 g/mol. The predicted molar refractivity (Wildman–Crippen MR) is 129 cm³/mol. The van der Waals surface area contributed by atoms with Crippen molar-refractivity contribution < 1.29 is 14.3 Å². The van der Waals surface area contributed by atoms with Crippen molar-refractivity contribution in [3.63, 3.8) is 0 Å². The number of piperidine rings is 2. The van der Waals surface area contributed by atoms with Crippen LogP contribution in [0.15, 0.2) is 30.3 Å². The molecule has 7 nitrogen and oxygen atoms in total. The summed E-state index contributed by atoms with van der Waals surface area (Å²) in [6.45, 7) is 11.3. The molecule has 4 rings (SSSR count). The van der Waals surface area contributed by atoms with E-state index < -0.39 is 0 Å². The van der Waals surface area contributed by atoms with Gasteiger partial charge in [-0.05, 0) is 50.9 Å². The van der Waals surface area contributed by atoms with Gasteiger partial charge in [-0.2, -0.15) is 0 Å². The van der Waals surface area contributed by atoms with Crippen molar-refractivity contribution in [3.8, 4) is 0 Å². The smallest absolute Gasteiger partial charge is 0.248 e. The van der Waals surface area contributed by atoms with Crippen LogP contribution < -0.4 is 0 Å². The molecule has 2 amide bonds. The van der Waals surface area contributed by atoms with Gasteiger partial charge in [0, 0.05) is 51.2 Å². The standard InChI is InChI=1S/C26H40N4O3/c1-2-27-16-18-30(19-17-27)26(32)23-8-12-28(13-9-23)24-10-14-29(15-11-24)25(31)21-33-20-22-6-4-3-5-7-22/h3-7,23-24H,2,8-21H2,1H3. The third-order valence-corrected chi connectivity index (χ3v) is 7.68. The van der Waals surface area contributed by atoms with Crippen molar-refractivity contribution in [3.05, 3.63) is 35.9 Å². The molecule has 0 radical (unpaired) electrons. The summed E-state index contributed by atoms with van der Waals surface area (Å²) in [5.74, 6) is 0.663. The Morgan fingerprint density at radius 1 is 0.848 bits per heavy atom. The maximum absolute atomic E-state index is 13.0. The van der Waals surface area contributed by atoms with Crippen molar-refractivity contribution in [1.82, 2.24) is 19.6 Å². The van der Waals surface area contributed by atoms with E-state index >= 15 is 0 Å². The normalized spacial score (nSPS) is 22.0. The van der Waals surface area contributed by atoms with Crippen molar-refractivity contribution in [1.29, 1.82) is 0 Å². The van der Waals surface area contributed by atoms with E-state index in [0.717, 1.165) is 90.1 Å². The van der Waals surface area contributed by atoms with Crippen LogP contribution in [0.2, 0.25) is 0 Å². The molecule has 1 aromatic carbocycles. The SMILES string of the molecule is CCN1CCN(C(=O)C2CCN(C3CCN(C(=O)COCc4ccccc4)CC3)CC2)CC1. The van der Waals surface area contributed by atoms with Crippen LogP contribution in [-0.2, 0) is 20.9 Å². The van der Waals surface area contributed by atoms with Gasteiger partial charge in [0.2, 0.25) is 11.8 Å². The lowest BCUT2D eigenvalue weighted by atomic mass is 9.92. The zero-order chi connectivity index (χ0) is 23.0. The number of hydrogen-bond donors (Lipinski definition) is 0. The number of ether oxygens (including phenoxy) is 1. The number of piperazine rings is 1. The van der Waals surface area contributed by atoms with E-state index in [9.17, 15) is 9.59 Å². The van der Waals surface area contributed by atoms with Crippen LogP contribution in [0.5, 0.6) is 0 Å². The first-order valence-electron chi connectivity index (χ1n) is 12.8. The van der Waals surface area contributed by atoms with E-state index in [-0.39, 0.29) is 18.4 Å². The molecule has 0 spiro atoms.